The van der Waals surface area contributed by atoms with Crippen LogP contribution in [0.3, 0.4) is 0 Å². The maximum atomic E-state index is 12.5. The fourth-order valence-corrected chi connectivity index (χ4v) is 3.56. The summed E-state index contributed by atoms with van der Waals surface area (Å²) >= 11 is 0. The molecule has 0 unspecified atom stereocenters. The number of amides is 1. The Labute approximate surface area is 179 Å². The average molecular weight is 421 g/mol. The first-order chi connectivity index (χ1) is 14.9. The quantitative estimate of drug-likeness (QED) is 0.402. The Balaban J connectivity index is 1.61. The molecular weight excluding hydrogens is 398 g/mol. The first-order valence-electron chi connectivity index (χ1n) is 9.90. The first kappa shape index (κ1) is 20.3. The summed E-state index contributed by atoms with van der Waals surface area (Å²) in [5, 5.41) is 19.3. The van der Waals surface area contributed by atoms with Crippen molar-refractivity contribution in [3.63, 3.8) is 0 Å². The van der Waals surface area contributed by atoms with Gasteiger partial charge in [0.2, 0.25) is 12.6 Å². The molecule has 0 radical (unpaired) electrons. The fraction of sp³-hybridized carbons (Fsp3) is 0.217. The molecule has 0 spiro atoms. The van der Waals surface area contributed by atoms with E-state index in [0.717, 1.165) is 5.56 Å². The number of nitrogens with one attached hydrogen (secondary N) is 3. The fourth-order valence-electron chi connectivity index (χ4n) is 3.56. The van der Waals surface area contributed by atoms with Gasteiger partial charge in [0.1, 0.15) is 5.70 Å². The molecule has 0 aromatic heterocycles. The van der Waals surface area contributed by atoms with Crippen LogP contribution in [0, 0.1) is 0 Å². The van der Waals surface area contributed by atoms with Gasteiger partial charge in [-0.15, -0.1) is 0 Å². The number of carbonyl (C=O) groups is 2. The number of hydrogen-bond acceptors (Lipinski definition) is 7. The van der Waals surface area contributed by atoms with Crippen molar-refractivity contribution in [1.29, 1.82) is 0 Å². The van der Waals surface area contributed by atoms with Crippen molar-refractivity contribution < 1.29 is 24.2 Å². The number of para-hydroxylation sites is 1. The highest BCUT2D eigenvalue weighted by Crippen LogP contribution is 2.37. The second-order valence-electron chi connectivity index (χ2n) is 7.18. The number of fused-ring (bicyclic) bond motifs is 1. The van der Waals surface area contributed by atoms with Gasteiger partial charge in [0.05, 0.1) is 23.0 Å². The minimum atomic E-state index is -0.411. The Morgan fingerprint density at radius 3 is 2.71 bits per heavy atom. The van der Waals surface area contributed by atoms with Crippen molar-refractivity contribution in [3.05, 3.63) is 71.1 Å². The number of hydrogen-bond donors (Lipinski definition) is 4. The SMILES string of the molecule is C=C1C(=O)C(N[C@H](CC)c2ccc3c(c2)OCO3)=C1Nc1cccc(C(=O)NC)c1O. The predicted octanol–water partition coefficient (Wildman–Crippen LogP) is 2.98. The molecule has 1 aliphatic heterocycles. The van der Waals surface area contributed by atoms with Gasteiger partial charge in [-0.05, 0) is 36.2 Å². The third-order valence-electron chi connectivity index (χ3n) is 5.35. The summed E-state index contributed by atoms with van der Waals surface area (Å²) < 4.78 is 10.8. The zero-order valence-electron chi connectivity index (χ0n) is 17.2. The minimum Gasteiger partial charge on any atom is -0.505 e. The van der Waals surface area contributed by atoms with Crippen LogP contribution in [-0.4, -0.2) is 30.6 Å². The van der Waals surface area contributed by atoms with Crippen molar-refractivity contribution >= 4 is 17.4 Å². The van der Waals surface area contributed by atoms with Crippen molar-refractivity contribution in [2.24, 2.45) is 0 Å². The van der Waals surface area contributed by atoms with Crippen LogP contribution in [-0.2, 0) is 4.79 Å². The summed E-state index contributed by atoms with van der Waals surface area (Å²) in [6.07, 6.45) is 0.716. The molecule has 2 aromatic carbocycles. The molecule has 1 atom stereocenters. The maximum absolute atomic E-state index is 12.5. The van der Waals surface area contributed by atoms with E-state index in [4.69, 9.17) is 9.47 Å². The molecule has 2 aromatic rings. The van der Waals surface area contributed by atoms with Crippen LogP contribution in [0.2, 0.25) is 0 Å². The van der Waals surface area contributed by atoms with Crippen LogP contribution in [0.25, 0.3) is 0 Å². The number of ether oxygens (including phenoxy) is 2. The lowest BCUT2D eigenvalue weighted by molar-refractivity contribution is -0.113. The first-order valence-corrected chi connectivity index (χ1v) is 9.90. The number of rotatable bonds is 7. The number of aromatic hydroxyl groups is 1. The molecule has 0 saturated heterocycles. The van der Waals surface area contributed by atoms with Gasteiger partial charge in [-0.3, -0.25) is 9.59 Å². The monoisotopic (exact) mass is 421 g/mol. The molecule has 1 amide bonds. The van der Waals surface area contributed by atoms with E-state index in [0.29, 0.717) is 40.6 Å². The number of allylic oxidation sites excluding steroid dienone is 2. The molecule has 4 N–H and O–H groups in total. The minimum absolute atomic E-state index is 0.130. The summed E-state index contributed by atoms with van der Waals surface area (Å²) in [6.45, 7) is 6.02. The molecule has 1 heterocycles. The van der Waals surface area contributed by atoms with Gasteiger partial charge in [-0.25, -0.2) is 0 Å². The Bertz CT molecular complexity index is 1120. The van der Waals surface area contributed by atoms with Crippen LogP contribution in [0.1, 0.15) is 35.3 Å². The summed E-state index contributed by atoms with van der Waals surface area (Å²) in [4.78, 5) is 24.5. The molecule has 4 rings (SSSR count). The van der Waals surface area contributed by atoms with Gasteiger partial charge in [-0.1, -0.05) is 25.6 Å². The Morgan fingerprint density at radius 2 is 1.97 bits per heavy atom. The highest BCUT2D eigenvalue weighted by Gasteiger charge is 2.34. The molecule has 160 valence electrons. The van der Waals surface area contributed by atoms with E-state index in [1.807, 2.05) is 25.1 Å². The van der Waals surface area contributed by atoms with E-state index in [1.54, 1.807) is 12.1 Å². The molecule has 2 aliphatic rings. The van der Waals surface area contributed by atoms with Crippen molar-refractivity contribution in [2.45, 2.75) is 19.4 Å². The van der Waals surface area contributed by atoms with Gasteiger partial charge in [0.15, 0.2) is 17.2 Å². The van der Waals surface area contributed by atoms with Crippen molar-refractivity contribution in [1.82, 2.24) is 10.6 Å². The molecule has 31 heavy (non-hydrogen) atoms. The second kappa shape index (κ2) is 8.06. The van der Waals surface area contributed by atoms with Crippen LogP contribution in [0.4, 0.5) is 5.69 Å². The third kappa shape index (κ3) is 3.56. The molecular formula is C23H23N3O5. The summed E-state index contributed by atoms with van der Waals surface area (Å²) in [7, 11) is 1.49. The number of ketones is 1. The number of phenols is 1. The van der Waals surface area contributed by atoms with Crippen molar-refractivity contribution in [2.75, 3.05) is 19.2 Å². The highest BCUT2D eigenvalue weighted by molar-refractivity contribution is 6.20. The van der Waals surface area contributed by atoms with Crippen LogP contribution < -0.4 is 25.4 Å². The largest absolute Gasteiger partial charge is 0.505 e. The number of carbonyl (C=O) groups excluding carboxylic acids is 2. The van der Waals surface area contributed by atoms with E-state index < -0.39 is 5.91 Å². The third-order valence-corrected chi connectivity index (χ3v) is 5.35. The van der Waals surface area contributed by atoms with Gasteiger partial charge in [0, 0.05) is 12.6 Å². The normalized spacial score (nSPS) is 15.4. The highest BCUT2D eigenvalue weighted by atomic mass is 16.7. The lowest BCUT2D eigenvalue weighted by Gasteiger charge is -2.30. The number of anilines is 1. The number of phenolic OH excluding ortho intramolecular Hbond substituents is 1. The van der Waals surface area contributed by atoms with Gasteiger partial charge < -0.3 is 30.5 Å². The molecule has 8 heteroatoms. The molecule has 0 fully saturated rings. The number of Topliss-reactive ketones (excluding diaryl/α,β-unsaturated/α-hetero) is 1. The zero-order chi connectivity index (χ0) is 22.1. The van der Waals surface area contributed by atoms with E-state index in [-0.39, 0.29) is 29.9 Å². The summed E-state index contributed by atoms with van der Waals surface area (Å²) in [5.41, 5.74) is 2.54. The Kier molecular flexibility index (Phi) is 5.29. The van der Waals surface area contributed by atoms with Crippen LogP contribution >= 0.6 is 0 Å². The van der Waals surface area contributed by atoms with Gasteiger partial charge >= 0.3 is 0 Å². The van der Waals surface area contributed by atoms with Gasteiger partial charge in [0.25, 0.3) is 5.91 Å². The second-order valence-corrected chi connectivity index (χ2v) is 7.18. The lowest BCUT2D eigenvalue weighted by atomic mass is 9.91. The van der Waals surface area contributed by atoms with Crippen LogP contribution in [0.15, 0.2) is 59.9 Å². The summed E-state index contributed by atoms with van der Waals surface area (Å²) in [5.74, 6) is 0.545. The topological polar surface area (TPSA) is 109 Å². The average Bonchev–Trinajstić information content (AvgIpc) is 3.26. The van der Waals surface area contributed by atoms with E-state index in [2.05, 4.69) is 22.5 Å². The smallest absolute Gasteiger partial charge is 0.254 e. The van der Waals surface area contributed by atoms with Crippen molar-refractivity contribution in [3.8, 4) is 17.2 Å². The zero-order valence-corrected chi connectivity index (χ0v) is 17.2. The van der Waals surface area contributed by atoms with Crippen LogP contribution in [0.5, 0.6) is 17.2 Å². The maximum Gasteiger partial charge on any atom is 0.254 e. The lowest BCUT2D eigenvalue weighted by Crippen LogP contribution is -2.37. The molecule has 1 aliphatic carbocycles. The van der Waals surface area contributed by atoms with E-state index in [1.165, 1.54) is 13.1 Å². The van der Waals surface area contributed by atoms with E-state index >= 15 is 0 Å². The molecule has 0 bridgehead atoms. The standard InChI is InChI=1S/C23H23N3O5/c1-4-15(13-8-9-17-18(10-13)31-11-30-17)25-20-19(12(2)21(20)27)26-16-7-5-6-14(22(16)28)23(29)24-3/h5-10,15,25-26,28H,2,4,11H2,1,3H3,(H,24,29)/t15-/m1/s1. The molecule has 8 nitrogen and oxygen atoms in total. The number of benzene rings is 2. The Morgan fingerprint density at radius 1 is 1.19 bits per heavy atom. The van der Waals surface area contributed by atoms with Gasteiger partial charge in [-0.2, -0.15) is 0 Å². The van der Waals surface area contributed by atoms with E-state index in [9.17, 15) is 14.7 Å². The predicted molar refractivity (Wildman–Crippen MR) is 115 cm³/mol. The Hall–Kier alpha value is -3.94. The summed E-state index contributed by atoms with van der Waals surface area (Å²) in [6, 6.07) is 10.3. The molecule has 0 saturated carbocycles.